The standard InChI is InChI=1S/C18H22N6O2S/c1-4-24-10-14(16(23-24)18(26)19-9-11(2)3)20-17(25)13-8-12(21-22-13)15-6-5-7-27-15/h5-8,10-11H,4,9H2,1-3H3,(H,19,26)(H,20,25)(H,21,22). The molecule has 0 aromatic carbocycles. The Morgan fingerprint density at radius 2 is 2.15 bits per heavy atom. The lowest BCUT2D eigenvalue weighted by Gasteiger charge is -2.07. The van der Waals surface area contributed by atoms with Gasteiger partial charge in [0, 0.05) is 19.3 Å². The molecule has 0 fully saturated rings. The first kappa shape index (κ1) is 18.8. The van der Waals surface area contributed by atoms with Gasteiger partial charge in [-0.15, -0.1) is 11.3 Å². The first-order chi connectivity index (χ1) is 13.0. The fourth-order valence-corrected chi connectivity index (χ4v) is 3.10. The average Bonchev–Trinajstić information content (AvgIpc) is 3.38. The molecule has 0 aliphatic heterocycles. The number of carbonyl (C=O) groups is 2. The Labute approximate surface area is 161 Å². The number of amides is 2. The van der Waals surface area contributed by atoms with Crippen LogP contribution in [-0.4, -0.2) is 38.3 Å². The van der Waals surface area contributed by atoms with Gasteiger partial charge in [-0.2, -0.15) is 10.2 Å². The second-order valence-corrected chi connectivity index (χ2v) is 7.40. The Morgan fingerprint density at radius 1 is 1.33 bits per heavy atom. The minimum atomic E-state index is -0.400. The quantitative estimate of drug-likeness (QED) is 0.580. The Bertz CT molecular complexity index is 926. The van der Waals surface area contributed by atoms with Crippen molar-refractivity contribution in [1.82, 2.24) is 25.3 Å². The molecule has 0 aliphatic rings. The van der Waals surface area contributed by atoms with E-state index in [2.05, 4.69) is 25.9 Å². The van der Waals surface area contributed by atoms with Crippen LogP contribution in [-0.2, 0) is 6.54 Å². The lowest BCUT2D eigenvalue weighted by Crippen LogP contribution is -2.28. The summed E-state index contributed by atoms with van der Waals surface area (Å²) in [5.41, 5.74) is 1.58. The Morgan fingerprint density at radius 3 is 2.81 bits per heavy atom. The van der Waals surface area contributed by atoms with Crippen molar-refractivity contribution in [2.24, 2.45) is 5.92 Å². The summed E-state index contributed by atoms with van der Waals surface area (Å²) in [6, 6.07) is 5.56. The Balaban J connectivity index is 1.77. The topological polar surface area (TPSA) is 105 Å². The first-order valence-corrected chi connectivity index (χ1v) is 9.62. The molecular weight excluding hydrogens is 364 g/mol. The molecule has 0 bridgehead atoms. The molecule has 0 saturated carbocycles. The Hall–Kier alpha value is -2.94. The minimum absolute atomic E-state index is 0.194. The second-order valence-electron chi connectivity index (χ2n) is 6.45. The number of carbonyl (C=O) groups excluding carboxylic acids is 2. The fourth-order valence-electron chi connectivity index (χ4n) is 2.41. The smallest absolute Gasteiger partial charge is 0.276 e. The molecule has 0 radical (unpaired) electrons. The third-order valence-corrected chi connectivity index (χ3v) is 4.72. The number of H-pyrrole nitrogens is 1. The van der Waals surface area contributed by atoms with Crippen molar-refractivity contribution in [3.63, 3.8) is 0 Å². The van der Waals surface area contributed by atoms with Crippen molar-refractivity contribution >= 4 is 28.8 Å². The van der Waals surface area contributed by atoms with Crippen LogP contribution in [0.5, 0.6) is 0 Å². The van der Waals surface area contributed by atoms with Gasteiger partial charge in [0.1, 0.15) is 0 Å². The van der Waals surface area contributed by atoms with Crippen LogP contribution in [0.2, 0.25) is 0 Å². The SMILES string of the molecule is CCn1cc(NC(=O)c2cc(-c3cccs3)[nH]n2)c(C(=O)NCC(C)C)n1. The van der Waals surface area contributed by atoms with Crippen LogP contribution in [0.25, 0.3) is 10.6 Å². The van der Waals surface area contributed by atoms with E-state index in [1.54, 1.807) is 28.3 Å². The number of nitrogens with one attached hydrogen (secondary N) is 3. The summed E-state index contributed by atoms with van der Waals surface area (Å²) in [5, 5.41) is 18.7. The van der Waals surface area contributed by atoms with Crippen molar-refractivity contribution in [2.75, 3.05) is 11.9 Å². The molecule has 27 heavy (non-hydrogen) atoms. The number of hydrogen-bond donors (Lipinski definition) is 3. The van der Waals surface area contributed by atoms with Gasteiger partial charge in [0.2, 0.25) is 0 Å². The normalized spacial score (nSPS) is 11.0. The largest absolute Gasteiger partial charge is 0.350 e. The zero-order valence-electron chi connectivity index (χ0n) is 15.4. The number of rotatable bonds is 7. The van der Waals surface area contributed by atoms with Crippen LogP contribution in [0.1, 0.15) is 41.7 Å². The zero-order chi connectivity index (χ0) is 19.4. The van der Waals surface area contributed by atoms with Gasteiger partial charge >= 0.3 is 0 Å². The maximum atomic E-state index is 12.6. The monoisotopic (exact) mass is 386 g/mol. The molecule has 9 heteroatoms. The van der Waals surface area contributed by atoms with Crippen LogP contribution in [0.4, 0.5) is 5.69 Å². The van der Waals surface area contributed by atoms with Crippen LogP contribution in [0.15, 0.2) is 29.8 Å². The number of aromatic amines is 1. The van der Waals surface area contributed by atoms with E-state index in [0.717, 1.165) is 10.6 Å². The number of thiophene rings is 1. The number of aromatic nitrogens is 4. The van der Waals surface area contributed by atoms with E-state index >= 15 is 0 Å². The number of hydrogen-bond acceptors (Lipinski definition) is 5. The average molecular weight is 386 g/mol. The van der Waals surface area contributed by atoms with E-state index in [-0.39, 0.29) is 17.3 Å². The van der Waals surface area contributed by atoms with E-state index in [0.29, 0.717) is 24.7 Å². The number of nitrogens with zero attached hydrogens (tertiary/aromatic N) is 3. The summed E-state index contributed by atoms with van der Waals surface area (Å²) < 4.78 is 1.61. The van der Waals surface area contributed by atoms with E-state index in [1.165, 1.54) is 0 Å². The van der Waals surface area contributed by atoms with E-state index in [1.807, 2.05) is 38.3 Å². The summed E-state index contributed by atoms with van der Waals surface area (Å²) in [4.78, 5) is 26.0. The van der Waals surface area contributed by atoms with E-state index in [4.69, 9.17) is 0 Å². The predicted molar refractivity (Wildman–Crippen MR) is 105 cm³/mol. The summed E-state index contributed by atoms with van der Waals surface area (Å²) in [7, 11) is 0. The molecule has 3 aromatic heterocycles. The molecule has 8 nitrogen and oxygen atoms in total. The van der Waals surface area contributed by atoms with Crippen LogP contribution < -0.4 is 10.6 Å². The highest BCUT2D eigenvalue weighted by Gasteiger charge is 2.20. The fraction of sp³-hybridized carbons (Fsp3) is 0.333. The highest BCUT2D eigenvalue weighted by Crippen LogP contribution is 2.23. The highest BCUT2D eigenvalue weighted by molar-refractivity contribution is 7.13. The second kappa shape index (κ2) is 8.17. The van der Waals surface area contributed by atoms with E-state index < -0.39 is 5.91 Å². The van der Waals surface area contributed by atoms with Gasteiger partial charge in [0.25, 0.3) is 11.8 Å². The molecule has 0 aliphatic carbocycles. The molecule has 0 unspecified atom stereocenters. The van der Waals surface area contributed by atoms with Gasteiger partial charge in [-0.05, 0) is 30.4 Å². The van der Waals surface area contributed by atoms with Gasteiger partial charge in [-0.3, -0.25) is 19.4 Å². The third-order valence-electron chi connectivity index (χ3n) is 3.82. The van der Waals surface area contributed by atoms with Crippen molar-refractivity contribution < 1.29 is 9.59 Å². The highest BCUT2D eigenvalue weighted by atomic mass is 32.1. The lowest BCUT2D eigenvalue weighted by molar-refractivity contribution is 0.0944. The van der Waals surface area contributed by atoms with Crippen LogP contribution >= 0.6 is 11.3 Å². The molecule has 0 atom stereocenters. The van der Waals surface area contributed by atoms with Crippen molar-refractivity contribution in [2.45, 2.75) is 27.3 Å². The summed E-state index contributed by atoms with van der Waals surface area (Å²) in [6.45, 7) is 7.06. The molecular formula is C18H22N6O2S. The zero-order valence-corrected chi connectivity index (χ0v) is 16.3. The Kier molecular flexibility index (Phi) is 5.70. The van der Waals surface area contributed by atoms with E-state index in [9.17, 15) is 9.59 Å². The van der Waals surface area contributed by atoms with Gasteiger partial charge in [-0.25, -0.2) is 0 Å². The van der Waals surface area contributed by atoms with Crippen molar-refractivity contribution in [1.29, 1.82) is 0 Å². The van der Waals surface area contributed by atoms with Gasteiger partial charge in [0.15, 0.2) is 11.4 Å². The summed E-state index contributed by atoms with van der Waals surface area (Å²) >= 11 is 1.56. The number of aryl methyl sites for hydroxylation is 1. The summed E-state index contributed by atoms with van der Waals surface area (Å²) in [6.07, 6.45) is 1.65. The lowest BCUT2D eigenvalue weighted by atomic mass is 10.2. The number of anilines is 1. The van der Waals surface area contributed by atoms with Crippen LogP contribution in [0.3, 0.4) is 0 Å². The van der Waals surface area contributed by atoms with Crippen molar-refractivity contribution in [3.8, 4) is 10.6 Å². The third kappa shape index (κ3) is 4.43. The van der Waals surface area contributed by atoms with Crippen LogP contribution in [0, 0.1) is 5.92 Å². The van der Waals surface area contributed by atoms with Gasteiger partial charge in [0.05, 0.1) is 16.3 Å². The molecule has 142 valence electrons. The molecule has 3 aromatic rings. The molecule has 0 spiro atoms. The predicted octanol–water partition coefficient (Wildman–Crippen LogP) is 2.99. The molecule has 3 N–H and O–H groups in total. The first-order valence-electron chi connectivity index (χ1n) is 8.74. The van der Waals surface area contributed by atoms with Crippen molar-refractivity contribution in [3.05, 3.63) is 41.2 Å². The van der Waals surface area contributed by atoms with Gasteiger partial charge in [-0.1, -0.05) is 19.9 Å². The summed E-state index contributed by atoms with van der Waals surface area (Å²) in [5.74, 6) is -0.393. The maximum Gasteiger partial charge on any atom is 0.276 e. The minimum Gasteiger partial charge on any atom is -0.350 e. The molecule has 2 amide bonds. The van der Waals surface area contributed by atoms with Gasteiger partial charge < -0.3 is 10.6 Å². The molecule has 0 saturated heterocycles. The molecule has 3 rings (SSSR count). The maximum absolute atomic E-state index is 12.6. The molecule has 3 heterocycles.